The second-order valence-corrected chi connectivity index (χ2v) is 7.04. The molecular weight excluding hydrogens is 378 g/mol. The van der Waals surface area contributed by atoms with E-state index in [4.69, 9.17) is 11.6 Å². The highest BCUT2D eigenvalue weighted by molar-refractivity contribution is 9.10. The van der Waals surface area contributed by atoms with E-state index in [0.717, 1.165) is 11.3 Å². The summed E-state index contributed by atoms with van der Waals surface area (Å²) in [6.45, 7) is -0.171. The van der Waals surface area contributed by atoms with Crippen molar-refractivity contribution in [3.63, 3.8) is 0 Å². The number of hydrogen-bond acceptors (Lipinski definition) is 4. The summed E-state index contributed by atoms with van der Waals surface area (Å²) in [5, 5.41) is 0. The minimum absolute atomic E-state index is 0.171. The molecule has 0 saturated heterocycles. The van der Waals surface area contributed by atoms with E-state index in [1.165, 1.54) is 4.90 Å². The third kappa shape index (κ3) is 2.54. The zero-order chi connectivity index (χ0) is 15.1. The van der Waals surface area contributed by atoms with Crippen molar-refractivity contribution in [2.75, 3.05) is 11.4 Å². The Labute approximate surface area is 137 Å². The number of Topliss-reactive ketones (excluding diaryl/α,β-unsaturated/α-hetero) is 2. The number of rotatable bonds is 3. The number of fused-ring (bicyclic) bond motifs is 1. The van der Waals surface area contributed by atoms with Crippen molar-refractivity contribution in [1.82, 2.24) is 0 Å². The molecule has 1 aromatic carbocycles. The zero-order valence-electron chi connectivity index (χ0n) is 10.4. The molecule has 1 amide bonds. The second-order valence-electron chi connectivity index (χ2n) is 4.41. The van der Waals surface area contributed by atoms with Crippen LogP contribution in [0.4, 0.5) is 5.69 Å². The number of hydrogen-bond donors (Lipinski definition) is 0. The van der Waals surface area contributed by atoms with Crippen molar-refractivity contribution >= 4 is 62.0 Å². The summed E-state index contributed by atoms with van der Waals surface area (Å²) in [5.41, 5.74) is 0.774. The Balaban J connectivity index is 1.92. The summed E-state index contributed by atoms with van der Waals surface area (Å²) in [5.74, 6) is -1.52. The van der Waals surface area contributed by atoms with Gasteiger partial charge in [0.2, 0.25) is 0 Å². The number of carbonyl (C=O) groups excluding carboxylic acids is 3. The molecule has 0 unspecified atom stereocenters. The first-order valence-corrected chi connectivity index (χ1v) is 7.90. The monoisotopic (exact) mass is 383 g/mol. The van der Waals surface area contributed by atoms with E-state index in [1.807, 2.05) is 0 Å². The van der Waals surface area contributed by atoms with Gasteiger partial charge in [0.25, 0.3) is 11.7 Å². The van der Waals surface area contributed by atoms with Crippen LogP contribution < -0.4 is 4.90 Å². The molecule has 106 valence electrons. The van der Waals surface area contributed by atoms with E-state index in [0.29, 0.717) is 24.9 Å². The van der Waals surface area contributed by atoms with Crippen molar-refractivity contribution in [3.8, 4) is 0 Å². The van der Waals surface area contributed by atoms with Crippen LogP contribution in [0.5, 0.6) is 0 Å². The predicted octanol–water partition coefficient (Wildman–Crippen LogP) is 3.58. The van der Waals surface area contributed by atoms with Gasteiger partial charge in [0, 0.05) is 4.47 Å². The van der Waals surface area contributed by atoms with Crippen LogP contribution >= 0.6 is 38.9 Å². The Morgan fingerprint density at radius 2 is 2.00 bits per heavy atom. The first-order valence-electron chi connectivity index (χ1n) is 5.91. The maximum atomic E-state index is 12.2. The van der Waals surface area contributed by atoms with Gasteiger partial charge in [-0.25, -0.2) is 0 Å². The summed E-state index contributed by atoms with van der Waals surface area (Å²) in [6.07, 6.45) is 0. The molecule has 3 rings (SSSR count). The normalized spacial score (nSPS) is 13.7. The van der Waals surface area contributed by atoms with E-state index in [1.54, 1.807) is 30.3 Å². The van der Waals surface area contributed by atoms with Crippen LogP contribution in [0.2, 0.25) is 4.34 Å². The maximum absolute atomic E-state index is 12.2. The second kappa shape index (κ2) is 5.36. The summed E-state index contributed by atoms with van der Waals surface area (Å²) < 4.78 is 1.21. The lowest BCUT2D eigenvalue weighted by atomic mass is 10.1. The Hall–Kier alpha value is -1.50. The molecule has 0 aliphatic carbocycles. The van der Waals surface area contributed by atoms with Crippen LogP contribution in [0, 0.1) is 0 Å². The number of benzene rings is 1. The fraction of sp³-hybridized carbons (Fsp3) is 0.0714. The van der Waals surface area contributed by atoms with Gasteiger partial charge in [0.1, 0.15) is 0 Å². The number of carbonyl (C=O) groups is 3. The highest BCUT2D eigenvalue weighted by Gasteiger charge is 2.37. The van der Waals surface area contributed by atoms with E-state index in [2.05, 4.69) is 15.9 Å². The average Bonchev–Trinajstić information content (AvgIpc) is 2.97. The molecule has 0 N–H and O–H groups in total. The minimum Gasteiger partial charge on any atom is -0.297 e. The van der Waals surface area contributed by atoms with Gasteiger partial charge < -0.3 is 0 Å². The highest BCUT2D eigenvalue weighted by atomic mass is 79.9. The Kier molecular flexibility index (Phi) is 3.69. The summed E-state index contributed by atoms with van der Waals surface area (Å²) in [4.78, 5) is 37.8. The van der Waals surface area contributed by atoms with E-state index < -0.39 is 11.7 Å². The largest absolute Gasteiger partial charge is 0.299 e. The molecular formula is C14H7BrClNO3S. The van der Waals surface area contributed by atoms with Crippen molar-refractivity contribution in [2.24, 2.45) is 0 Å². The highest BCUT2D eigenvalue weighted by Crippen LogP contribution is 2.32. The fourth-order valence-corrected chi connectivity index (χ4v) is 3.45. The molecule has 0 radical (unpaired) electrons. The smallest absolute Gasteiger partial charge is 0.297 e. The standard InChI is InChI=1S/C14H7BrClNO3S/c15-7-1-2-9-8(5-7)13(19)14(20)17(9)6-10(18)11-3-4-12(16)21-11/h1-5H,6H2. The maximum Gasteiger partial charge on any atom is 0.299 e. The topological polar surface area (TPSA) is 54.5 Å². The third-order valence-corrected chi connectivity index (χ3v) is 4.85. The van der Waals surface area contributed by atoms with Gasteiger partial charge in [-0.05, 0) is 30.3 Å². The Morgan fingerprint density at radius 1 is 1.24 bits per heavy atom. The van der Waals surface area contributed by atoms with Crippen LogP contribution in [0.15, 0.2) is 34.8 Å². The van der Waals surface area contributed by atoms with Crippen molar-refractivity contribution < 1.29 is 14.4 Å². The average molecular weight is 385 g/mol. The van der Waals surface area contributed by atoms with Gasteiger partial charge >= 0.3 is 0 Å². The van der Waals surface area contributed by atoms with Crippen LogP contribution in [-0.2, 0) is 4.79 Å². The first kappa shape index (κ1) is 14.4. The quantitative estimate of drug-likeness (QED) is 0.600. The molecule has 7 heteroatoms. The molecule has 0 saturated carbocycles. The number of thiophene rings is 1. The number of amides is 1. The van der Waals surface area contributed by atoms with Crippen molar-refractivity contribution in [3.05, 3.63) is 49.6 Å². The molecule has 2 heterocycles. The number of nitrogens with zero attached hydrogens (tertiary/aromatic N) is 1. The van der Waals surface area contributed by atoms with E-state index >= 15 is 0 Å². The third-order valence-electron chi connectivity index (χ3n) is 3.08. The predicted molar refractivity (Wildman–Crippen MR) is 84.5 cm³/mol. The summed E-state index contributed by atoms with van der Waals surface area (Å²) in [7, 11) is 0. The van der Waals surface area contributed by atoms with Crippen molar-refractivity contribution in [1.29, 1.82) is 0 Å². The van der Waals surface area contributed by atoms with Crippen LogP contribution in [-0.4, -0.2) is 24.0 Å². The molecule has 1 aliphatic heterocycles. The van der Waals surface area contributed by atoms with Gasteiger partial charge in [-0.2, -0.15) is 0 Å². The van der Waals surface area contributed by atoms with Gasteiger partial charge in [-0.15, -0.1) is 11.3 Å². The molecule has 1 aromatic heterocycles. The molecule has 0 atom stereocenters. The fourth-order valence-electron chi connectivity index (χ4n) is 2.12. The van der Waals surface area contributed by atoms with Gasteiger partial charge in [-0.1, -0.05) is 27.5 Å². The summed E-state index contributed by atoms with van der Waals surface area (Å²) in [6, 6.07) is 8.20. The molecule has 21 heavy (non-hydrogen) atoms. The van der Waals surface area contributed by atoms with E-state index in [-0.39, 0.29) is 12.3 Å². The number of ketones is 2. The lowest BCUT2D eigenvalue weighted by Crippen LogP contribution is -2.34. The van der Waals surface area contributed by atoms with Gasteiger partial charge in [-0.3, -0.25) is 19.3 Å². The van der Waals surface area contributed by atoms with Gasteiger partial charge in [0.15, 0.2) is 5.78 Å². The lowest BCUT2D eigenvalue weighted by Gasteiger charge is -2.14. The van der Waals surface area contributed by atoms with Crippen LogP contribution in [0.3, 0.4) is 0 Å². The molecule has 0 fully saturated rings. The summed E-state index contributed by atoms with van der Waals surface area (Å²) >= 11 is 10.2. The Bertz CT molecular complexity index is 786. The number of halogens is 2. The molecule has 4 nitrogen and oxygen atoms in total. The SMILES string of the molecule is O=C(CN1C(=O)C(=O)c2cc(Br)ccc21)c1ccc(Cl)s1. The molecule has 0 bridgehead atoms. The first-order chi connectivity index (χ1) is 9.97. The molecule has 1 aliphatic rings. The number of anilines is 1. The minimum atomic E-state index is -0.681. The van der Waals surface area contributed by atoms with Crippen molar-refractivity contribution in [2.45, 2.75) is 0 Å². The Morgan fingerprint density at radius 3 is 2.67 bits per heavy atom. The van der Waals surface area contributed by atoms with Crippen LogP contribution in [0.1, 0.15) is 20.0 Å². The van der Waals surface area contributed by atoms with Crippen LogP contribution in [0.25, 0.3) is 0 Å². The van der Waals surface area contributed by atoms with Gasteiger partial charge in [0.05, 0.1) is 27.0 Å². The zero-order valence-corrected chi connectivity index (χ0v) is 13.6. The molecule has 0 spiro atoms. The molecule has 2 aromatic rings. The van der Waals surface area contributed by atoms with E-state index in [9.17, 15) is 14.4 Å². The lowest BCUT2D eigenvalue weighted by molar-refractivity contribution is -0.114.